The van der Waals surface area contributed by atoms with Gasteiger partial charge in [0.05, 0.1) is 5.60 Å². The monoisotopic (exact) mass is 431 g/mol. The van der Waals surface area contributed by atoms with Crippen molar-refractivity contribution in [2.24, 2.45) is 0 Å². The molecule has 1 aromatic carbocycles. The quantitative estimate of drug-likeness (QED) is 0.459. The fraction of sp³-hybridized carbons (Fsp3) is 0.591. The van der Waals surface area contributed by atoms with Crippen molar-refractivity contribution in [2.45, 2.75) is 43.9 Å². The Morgan fingerprint density at radius 2 is 2.06 bits per heavy atom. The lowest BCUT2D eigenvalue weighted by molar-refractivity contribution is -0.136. The molecular formula is C22H29N3O6. The Hall–Kier alpha value is -2.49. The summed E-state index contributed by atoms with van der Waals surface area (Å²) in [6, 6.07) is 4.77. The standard InChI is InChI=1S/C22H29N3O6/c1-29-22(6-9-30-10-7-22)14-23-8-11-31-16-2-3-17-15(12-16)13-25(21(17)28)18-4-5-19(26)24-20(18)27/h2-3,12,18,23H,4-11,13-14H2,1H3,(H,24,26,27). The van der Waals surface area contributed by atoms with Crippen molar-refractivity contribution in [3.63, 3.8) is 0 Å². The molecule has 3 aliphatic heterocycles. The predicted octanol–water partition coefficient (Wildman–Crippen LogP) is 0.612. The van der Waals surface area contributed by atoms with Crippen LogP contribution in [0.1, 0.15) is 41.6 Å². The molecule has 2 N–H and O–H groups in total. The Morgan fingerprint density at radius 3 is 2.81 bits per heavy atom. The highest BCUT2D eigenvalue weighted by molar-refractivity contribution is 6.05. The molecule has 1 aromatic rings. The van der Waals surface area contributed by atoms with Gasteiger partial charge < -0.3 is 24.4 Å². The summed E-state index contributed by atoms with van der Waals surface area (Å²) in [5.41, 5.74) is 1.24. The van der Waals surface area contributed by atoms with Crippen LogP contribution in [0, 0.1) is 0 Å². The van der Waals surface area contributed by atoms with Crippen molar-refractivity contribution in [3.05, 3.63) is 29.3 Å². The van der Waals surface area contributed by atoms with Gasteiger partial charge in [0.2, 0.25) is 11.8 Å². The maximum absolute atomic E-state index is 12.7. The summed E-state index contributed by atoms with van der Waals surface area (Å²) in [7, 11) is 1.74. The first-order chi connectivity index (χ1) is 15.0. The van der Waals surface area contributed by atoms with Crippen LogP contribution in [0.15, 0.2) is 18.2 Å². The predicted molar refractivity (Wildman–Crippen MR) is 111 cm³/mol. The van der Waals surface area contributed by atoms with Gasteiger partial charge in [-0.3, -0.25) is 19.7 Å². The SMILES string of the molecule is COC1(CNCCOc2ccc3c(c2)CN(C2CCC(=O)NC2=O)C3=O)CCOCC1. The molecule has 2 fully saturated rings. The van der Waals surface area contributed by atoms with E-state index in [4.69, 9.17) is 14.2 Å². The lowest BCUT2D eigenvalue weighted by Crippen LogP contribution is -2.52. The van der Waals surface area contributed by atoms with Gasteiger partial charge in [-0.2, -0.15) is 0 Å². The van der Waals surface area contributed by atoms with Crippen molar-refractivity contribution < 1.29 is 28.6 Å². The van der Waals surface area contributed by atoms with Crippen LogP contribution in [0.3, 0.4) is 0 Å². The topological polar surface area (TPSA) is 106 Å². The number of nitrogens with one attached hydrogen (secondary N) is 2. The molecule has 3 heterocycles. The molecule has 0 radical (unpaired) electrons. The minimum Gasteiger partial charge on any atom is -0.492 e. The van der Waals surface area contributed by atoms with Gasteiger partial charge in [-0.15, -0.1) is 0 Å². The second-order valence-electron chi connectivity index (χ2n) is 8.24. The first kappa shape index (κ1) is 21.7. The second-order valence-corrected chi connectivity index (χ2v) is 8.24. The summed E-state index contributed by atoms with van der Waals surface area (Å²) in [6.45, 7) is 3.68. The number of carbonyl (C=O) groups is 3. The van der Waals surface area contributed by atoms with E-state index in [0.717, 1.165) is 38.2 Å². The minimum atomic E-state index is -0.607. The molecular weight excluding hydrogens is 402 g/mol. The van der Waals surface area contributed by atoms with E-state index in [1.165, 1.54) is 4.90 Å². The van der Waals surface area contributed by atoms with Gasteiger partial charge in [-0.05, 0) is 30.2 Å². The molecule has 1 atom stereocenters. The van der Waals surface area contributed by atoms with Crippen LogP contribution in [0.5, 0.6) is 5.75 Å². The number of benzene rings is 1. The molecule has 0 aromatic heterocycles. The molecule has 0 saturated carbocycles. The summed E-state index contributed by atoms with van der Waals surface area (Å²) in [6.07, 6.45) is 2.35. The number of fused-ring (bicyclic) bond motifs is 1. The van der Waals surface area contributed by atoms with E-state index >= 15 is 0 Å². The molecule has 0 bridgehead atoms. The normalized spacial score (nSPS) is 22.9. The first-order valence-corrected chi connectivity index (χ1v) is 10.8. The van der Waals surface area contributed by atoms with Gasteiger partial charge in [0, 0.05) is 64.8 Å². The number of carbonyl (C=O) groups excluding carboxylic acids is 3. The average molecular weight is 431 g/mol. The maximum Gasteiger partial charge on any atom is 0.255 e. The number of nitrogens with zero attached hydrogens (tertiary/aromatic N) is 1. The van der Waals surface area contributed by atoms with Gasteiger partial charge in [-0.25, -0.2) is 0 Å². The van der Waals surface area contributed by atoms with Crippen LogP contribution in [-0.4, -0.2) is 74.3 Å². The van der Waals surface area contributed by atoms with Gasteiger partial charge in [0.15, 0.2) is 0 Å². The van der Waals surface area contributed by atoms with E-state index in [-0.39, 0.29) is 23.8 Å². The minimum absolute atomic E-state index is 0.175. The van der Waals surface area contributed by atoms with E-state index in [0.29, 0.717) is 37.4 Å². The number of rotatable bonds is 8. The van der Waals surface area contributed by atoms with E-state index in [2.05, 4.69) is 10.6 Å². The highest BCUT2D eigenvalue weighted by Gasteiger charge is 2.39. The Balaban J connectivity index is 1.27. The molecule has 0 spiro atoms. The van der Waals surface area contributed by atoms with Crippen molar-refractivity contribution in [2.75, 3.05) is 40.0 Å². The molecule has 1 unspecified atom stereocenters. The van der Waals surface area contributed by atoms with Crippen molar-refractivity contribution in [1.82, 2.24) is 15.5 Å². The maximum atomic E-state index is 12.7. The fourth-order valence-electron chi connectivity index (χ4n) is 4.39. The third kappa shape index (κ3) is 4.73. The molecule has 9 heteroatoms. The lowest BCUT2D eigenvalue weighted by atomic mass is 9.94. The first-order valence-electron chi connectivity index (χ1n) is 10.8. The molecule has 0 aliphatic carbocycles. The Morgan fingerprint density at radius 1 is 1.26 bits per heavy atom. The summed E-state index contributed by atoms with van der Waals surface area (Å²) in [4.78, 5) is 37.8. The summed E-state index contributed by atoms with van der Waals surface area (Å²) < 4.78 is 17.0. The Kier molecular flexibility index (Phi) is 6.54. The van der Waals surface area contributed by atoms with E-state index in [9.17, 15) is 14.4 Å². The number of amides is 3. The smallest absolute Gasteiger partial charge is 0.255 e. The van der Waals surface area contributed by atoms with Crippen molar-refractivity contribution >= 4 is 17.7 Å². The summed E-state index contributed by atoms with van der Waals surface area (Å²) >= 11 is 0. The van der Waals surface area contributed by atoms with Gasteiger partial charge >= 0.3 is 0 Å². The largest absolute Gasteiger partial charge is 0.492 e. The zero-order valence-electron chi connectivity index (χ0n) is 17.8. The number of piperidine rings is 1. The summed E-state index contributed by atoms with van der Waals surface area (Å²) in [5, 5.41) is 5.71. The third-order valence-electron chi connectivity index (χ3n) is 6.33. The molecule has 3 aliphatic rings. The number of ether oxygens (including phenoxy) is 3. The van der Waals surface area contributed by atoms with Crippen LogP contribution in [0.25, 0.3) is 0 Å². The van der Waals surface area contributed by atoms with E-state index < -0.39 is 11.9 Å². The number of methoxy groups -OCH3 is 1. The number of imide groups is 1. The Labute approximate surface area is 181 Å². The average Bonchev–Trinajstić information content (AvgIpc) is 3.10. The van der Waals surface area contributed by atoms with Crippen LogP contribution < -0.4 is 15.4 Å². The molecule has 168 valence electrons. The third-order valence-corrected chi connectivity index (χ3v) is 6.33. The zero-order chi connectivity index (χ0) is 21.8. The van der Waals surface area contributed by atoms with Crippen LogP contribution in [0.4, 0.5) is 0 Å². The van der Waals surface area contributed by atoms with Gasteiger partial charge in [0.1, 0.15) is 18.4 Å². The summed E-state index contributed by atoms with van der Waals surface area (Å²) in [5.74, 6) is -0.189. The molecule has 2 saturated heterocycles. The second kappa shape index (κ2) is 9.33. The Bertz CT molecular complexity index is 852. The van der Waals surface area contributed by atoms with Gasteiger partial charge in [0.25, 0.3) is 5.91 Å². The van der Waals surface area contributed by atoms with Crippen molar-refractivity contribution in [1.29, 1.82) is 0 Å². The molecule has 4 rings (SSSR count). The lowest BCUT2D eigenvalue weighted by Gasteiger charge is -2.36. The number of hydrogen-bond acceptors (Lipinski definition) is 7. The fourth-order valence-corrected chi connectivity index (χ4v) is 4.39. The van der Waals surface area contributed by atoms with E-state index in [1.54, 1.807) is 19.2 Å². The molecule has 31 heavy (non-hydrogen) atoms. The van der Waals surface area contributed by atoms with Crippen LogP contribution in [-0.2, 0) is 25.6 Å². The van der Waals surface area contributed by atoms with Crippen LogP contribution >= 0.6 is 0 Å². The van der Waals surface area contributed by atoms with Crippen molar-refractivity contribution in [3.8, 4) is 5.75 Å². The van der Waals surface area contributed by atoms with E-state index in [1.807, 2.05) is 6.07 Å². The zero-order valence-corrected chi connectivity index (χ0v) is 17.8. The number of hydrogen-bond donors (Lipinski definition) is 2. The highest BCUT2D eigenvalue weighted by Crippen LogP contribution is 2.30. The highest BCUT2D eigenvalue weighted by atomic mass is 16.5. The van der Waals surface area contributed by atoms with Gasteiger partial charge in [-0.1, -0.05) is 0 Å². The van der Waals surface area contributed by atoms with Crippen LogP contribution in [0.2, 0.25) is 0 Å². The molecule has 9 nitrogen and oxygen atoms in total. The molecule has 3 amide bonds.